The van der Waals surface area contributed by atoms with Crippen molar-refractivity contribution in [1.82, 2.24) is 5.32 Å². The van der Waals surface area contributed by atoms with Crippen LogP contribution in [0.4, 0.5) is 11.4 Å². The molecule has 0 aromatic heterocycles. The molecule has 2 amide bonds. The van der Waals surface area contributed by atoms with Gasteiger partial charge in [-0.25, -0.2) is 8.42 Å². The normalized spacial score (nSPS) is 11.0. The van der Waals surface area contributed by atoms with Gasteiger partial charge in [0.15, 0.2) is 0 Å². The molecule has 0 unspecified atom stereocenters. The maximum Gasteiger partial charge on any atom is 0.232 e. The van der Waals surface area contributed by atoms with Crippen LogP contribution in [0, 0.1) is 0 Å². The van der Waals surface area contributed by atoms with E-state index in [0.29, 0.717) is 17.9 Å². The maximum absolute atomic E-state index is 12.0. The molecule has 0 radical (unpaired) electrons. The molecule has 0 fully saturated rings. The van der Waals surface area contributed by atoms with E-state index >= 15 is 0 Å². The highest BCUT2D eigenvalue weighted by atomic mass is 32.2. The fraction of sp³-hybridized carbons (Fsp3) is 0.529. The van der Waals surface area contributed by atoms with E-state index < -0.39 is 10.0 Å². The first kappa shape index (κ1) is 21.0. The van der Waals surface area contributed by atoms with Gasteiger partial charge in [-0.2, -0.15) is 0 Å². The van der Waals surface area contributed by atoms with Crippen molar-refractivity contribution >= 4 is 33.2 Å². The fourth-order valence-electron chi connectivity index (χ4n) is 2.29. The van der Waals surface area contributed by atoms with E-state index in [1.54, 1.807) is 24.3 Å². The average molecular weight is 369 g/mol. The molecule has 0 heterocycles. The molecule has 0 aliphatic rings. The summed E-state index contributed by atoms with van der Waals surface area (Å²) in [7, 11) is -3.51. The van der Waals surface area contributed by atoms with Gasteiger partial charge in [-0.1, -0.05) is 19.8 Å². The standard InChI is InChI=1S/C17H27N3O4S/c1-4-5-6-12-18-17(22)11-13-20(25(3,23)24)16-9-7-15(8-10-16)19-14(2)21/h7-10H,4-6,11-13H2,1-3H3,(H,18,22)(H,19,21). The highest BCUT2D eigenvalue weighted by molar-refractivity contribution is 7.92. The number of benzene rings is 1. The third-order valence-electron chi connectivity index (χ3n) is 3.52. The molecule has 0 bridgehead atoms. The average Bonchev–Trinajstić information content (AvgIpc) is 2.51. The molecule has 140 valence electrons. The molecule has 0 atom stereocenters. The highest BCUT2D eigenvalue weighted by Crippen LogP contribution is 2.20. The lowest BCUT2D eigenvalue weighted by molar-refractivity contribution is -0.120. The summed E-state index contributed by atoms with van der Waals surface area (Å²) in [5.74, 6) is -0.368. The van der Waals surface area contributed by atoms with Gasteiger partial charge in [0.05, 0.1) is 11.9 Å². The van der Waals surface area contributed by atoms with Gasteiger partial charge in [0.2, 0.25) is 21.8 Å². The van der Waals surface area contributed by atoms with Crippen molar-refractivity contribution in [3.8, 4) is 0 Å². The topological polar surface area (TPSA) is 95.6 Å². The van der Waals surface area contributed by atoms with Crippen molar-refractivity contribution in [3.63, 3.8) is 0 Å². The van der Waals surface area contributed by atoms with Gasteiger partial charge >= 0.3 is 0 Å². The largest absolute Gasteiger partial charge is 0.356 e. The fourth-order valence-corrected chi connectivity index (χ4v) is 3.22. The second-order valence-electron chi connectivity index (χ2n) is 5.87. The number of nitrogens with zero attached hydrogens (tertiary/aromatic N) is 1. The first-order valence-corrected chi connectivity index (χ1v) is 10.2. The SMILES string of the molecule is CCCCCNC(=O)CCN(c1ccc(NC(C)=O)cc1)S(C)(=O)=O. The summed E-state index contributed by atoms with van der Waals surface area (Å²) in [6, 6.07) is 6.45. The Morgan fingerprint density at radius 2 is 1.76 bits per heavy atom. The van der Waals surface area contributed by atoms with Crippen molar-refractivity contribution < 1.29 is 18.0 Å². The Bertz CT molecular complexity index is 672. The minimum absolute atomic E-state index is 0.0674. The Balaban J connectivity index is 2.69. The minimum Gasteiger partial charge on any atom is -0.356 e. The molecule has 1 aromatic rings. The highest BCUT2D eigenvalue weighted by Gasteiger charge is 2.18. The van der Waals surface area contributed by atoms with E-state index in [4.69, 9.17) is 0 Å². The van der Waals surface area contributed by atoms with Crippen molar-refractivity contribution in [1.29, 1.82) is 0 Å². The van der Waals surface area contributed by atoms with Crippen LogP contribution in [0.15, 0.2) is 24.3 Å². The number of sulfonamides is 1. The summed E-state index contributed by atoms with van der Waals surface area (Å²) < 4.78 is 25.3. The minimum atomic E-state index is -3.51. The smallest absolute Gasteiger partial charge is 0.232 e. The quantitative estimate of drug-likeness (QED) is 0.618. The monoisotopic (exact) mass is 369 g/mol. The molecule has 0 saturated heterocycles. The lowest BCUT2D eigenvalue weighted by atomic mass is 10.2. The zero-order chi connectivity index (χ0) is 18.9. The van der Waals surface area contributed by atoms with Gasteiger partial charge in [0.25, 0.3) is 0 Å². The van der Waals surface area contributed by atoms with Crippen LogP contribution in [0.25, 0.3) is 0 Å². The second kappa shape index (κ2) is 10.0. The van der Waals surface area contributed by atoms with E-state index in [1.807, 2.05) is 0 Å². The number of hydrogen-bond acceptors (Lipinski definition) is 4. The first-order valence-electron chi connectivity index (χ1n) is 8.36. The summed E-state index contributed by atoms with van der Waals surface area (Å²) in [6.07, 6.45) is 4.24. The summed E-state index contributed by atoms with van der Waals surface area (Å²) in [5, 5.41) is 5.42. The van der Waals surface area contributed by atoms with Crippen molar-refractivity contribution in [2.45, 2.75) is 39.5 Å². The van der Waals surface area contributed by atoms with Gasteiger partial charge in [-0.3, -0.25) is 13.9 Å². The molecule has 0 saturated carbocycles. The van der Waals surface area contributed by atoms with Gasteiger partial charge < -0.3 is 10.6 Å². The Morgan fingerprint density at radius 1 is 1.12 bits per heavy atom. The number of carbonyl (C=O) groups is 2. The molecular weight excluding hydrogens is 342 g/mol. The number of hydrogen-bond donors (Lipinski definition) is 2. The molecule has 1 rings (SSSR count). The third-order valence-corrected chi connectivity index (χ3v) is 4.71. The Labute approximate surface area is 149 Å². The molecule has 0 aliphatic carbocycles. The van der Waals surface area contributed by atoms with E-state index in [9.17, 15) is 18.0 Å². The first-order chi connectivity index (χ1) is 11.7. The summed E-state index contributed by atoms with van der Waals surface area (Å²) in [5.41, 5.74) is 1.04. The van der Waals surface area contributed by atoms with Crippen LogP contribution in [-0.4, -0.2) is 39.6 Å². The predicted octanol–water partition coefficient (Wildman–Crippen LogP) is 2.11. The molecule has 7 nitrogen and oxygen atoms in total. The van der Waals surface area contributed by atoms with Crippen LogP contribution in [0.1, 0.15) is 39.5 Å². The van der Waals surface area contributed by atoms with E-state index in [-0.39, 0.29) is 24.8 Å². The van der Waals surface area contributed by atoms with Gasteiger partial charge in [0.1, 0.15) is 0 Å². The number of nitrogens with one attached hydrogen (secondary N) is 2. The predicted molar refractivity (Wildman–Crippen MR) is 100 cm³/mol. The molecular formula is C17H27N3O4S. The lowest BCUT2D eigenvalue weighted by Gasteiger charge is -2.22. The number of anilines is 2. The second-order valence-corrected chi connectivity index (χ2v) is 7.78. The van der Waals surface area contributed by atoms with Crippen LogP contribution < -0.4 is 14.9 Å². The molecule has 1 aromatic carbocycles. The van der Waals surface area contributed by atoms with Crippen LogP contribution in [0.2, 0.25) is 0 Å². The van der Waals surface area contributed by atoms with Crippen LogP contribution >= 0.6 is 0 Å². The lowest BCUT2D eigenvalue weighted by Crippen LogP contribution is -2.34. The van der Waals surface area contributed by atoms with Crippen LogP contribution in [-0.2, 0) is 19.6 Å². The van der Waals surface area contributed by atoms with Crippen molar-refractivity contribution in [2.24, 2.45) is 0 Å². The van der Waals surface area contributed by atoms with Crippen LogP contribution in [0.3, 0.4) is 0 Å². The summed E-state index contributed by atoms with van der Waals surface area (Å²) in [6.45, 7) is 4.16. The van der Waals surface area contributed by atoms with Gasteiger partial charge in [-0.05, 0) is 30.7 Å². The molecule has 25 heavy (non-hydrogen) atoms. The number of amides is 2. The third kappa shape index (κ3) is 8.02. The van der Waals surface area contributed by atoms with Gasteiger partial charge in [0, 0.05) is 32.1 Å². The Kier molecular flexibility index (Phi) is 8.40. The van der Waals surface area contributed by atoms with E-state index in [1.165, 1.54) is 11.2 Å². The van der Waals surface area contributed by atoms with Crippen molar-refractivity contribution in [3.05, 3.63) is 24.3 Å². The zero-order valence-electron chi connectivity index (χ0n) is 15.0. The summed E-state index contributed by atoms with van der Waals surface area (Å²) >= 11 is 0. The summed E-state index contributed by atoms with van der Waals surface area (Å²) in [4.78, 5) is 22.9. The zero-order valence-corrected chi connectivity index (χ0v) is 15.9. The molecule has 8 heteroatoms. The van der Waals surface area contributed by atoms with Gasteiger partial charge in [-0.15, -0.1) is 0 Å². The number of carbonyl (C=O) groups excluding carboxylic acids is 2. The molecule has 2 N–H and O–H groups in total. The van der Waals surface area contributed by atoms with E-state index in [2.05, 4.69) is 17.6 Å². The van der Waals surface area contributed by atoms with Crippen LogP contribution in [0.5, 0.6) is 0 Å². The van der Waals surface area contributed by atoms with E-state index in [0.717, 1.165) is 25.5 Å². The van der Waals surface area contributed by atoms with Crippen molar-refractivity contribution in [2.75, 3.05) is 29.0 Å². The Hall–Kier alpha value is -2.09. The number of rotatable bonds is 10. The molecule has 0 aliphatic heterocycles. The number of unbranched alkanes of at least 4 members (excludes halogenated alkanes) is 2. The molecule has 0 spiro atoms. The maximum atomic E-state index is 12.0. The Morgan fingerprint density at radius 3 is 2.28 bits per heavy atom.